The molecule has 0 fully saturated rings. The van der Waals surface area contributed by atoms with Crippen molar-refractivity contribution in [1.29, 1.82) is 0 Å². The molecule has 0 saturated heterocycles. The summed E-state index contributed by atoms with van der Waals surface area (Å²) in [6.45, 7) is 2.01. The van der Waals surface area contributed by atoms with Gasteiger partial charge < -0.3 is 5.32 Å². The summed E-state index contributed by atoms with van der Waals surface area (Å²) in [5.41, 5.74) is 4.14. The third-order valence-corrected chi connectivity index (χ3v) is 5.68. The Morgan fingerprint density at radius 1 is 1.12 bits per heavy atom. The maximum Gasteiger partial charge on any atom is 0.256 e. The van der Waals surface area contributed by atoms with E-state index in [0.717, 1.165) is 46.5 Å². The van der Waals surface area contributed by atoms with Crippen molar-refractivity contribution in [3.05, 3.63) is 88.9 Å². The number of amides is 1. The fourth-order valence-electron chi connectivity index (χ4n) is 4.18. The normalized spacial score (nSPS) is 13.8. The highest BCUT2D eigenvalue weighted by Crippen LogP contribution is 2.29. The molecule has 0 aliphatic carbocycles. The van der Waals surface area contributed by atoms with Gasteiger partial charge in [0, 0.05) is 67.7 Å². The molecule has 162 valence electrons. The lowest BCUT2D eigenvalue weighted by molar-refractivity contribution is 0.102. The molecule has 1 N–H and O–H groups in total. The number of aryl methyl sites for hydroxylation is 1. The first-order chi connectivity index (χ1) is 15.5. The van der Waals surface area contributed by atoms with E-state index in [0.29, 0.717) is 25.1 Å². The molecule has 0 bridgehead atoms. The van der Waals surface area contributed by atoms with E-state index in [1.165, 1.54) is 6.07 Å². The number of aromatic nitrogens is 3. The van der Waals surface area contributed by atoms with Gasteiger partial charge in [-0.25, -0.2) is 8.78 Å². The number of hydrogen-bond donors (Lipinski definition) is 1. The number of carbonyl (C=O) groups excluding carboxylic acids is 1. The second-order valence-electron chi connectivity index (χ2n) is 7.95. The van der Waals surface area contributed by atoms with Gasteiger partial charge in [0.1, 0.15) is 0 Å². The number of nitrogens with zero attached hydrogens (tertiary/aromatic N) is 4. The molecule has 0 atom stereocenters. The summed E-state index contributed by atoms with van der Waals surface area (Å²) >= 11 is 0. The van der Waals surface area contributed by atoms with E-state index >= 15 is 0 Å². The fraction of sp³-hybridized carbons (Fsp3) is 0.208. The number of rotatable bonds is 4. The number of hydrogen-bond acceptors (Lipinski definition) is 4. The van der Waals surface area contributed by atoms with Gasteiger partial charge in [-0.2, -0.15) is 5.10 Å². The number of para-hydroxylation sites is 1. The van der Waals surface area contributed by atoms with Crippen LogP contribution in [-0.2, 0) is 26.6 Å². The number of pyridine rings is 1. The number of fused-ring (bicyclic) bond motifs is 2. The Morgan fingerprint density at radius 2 is 1.97 bits per heavy atom. The van der Waals surface area contributed by atoms with Crippen molar-refractivity contribution < 1.29 is 13.6 Å². The quantitative estimate of drug-likeness (QED) is 0.527. The fourth-order valence-corrected chi connectivity index (χ4v) is 4.18. The van der Waals surface area contributed by atoms with E-state index in [1.54, 1.807) is 4.68 Å². The molecular formula is C24H21F2N5O. The highest BCUT2D eigenvalue weighted by molar-refractivity contribution is 6.13. The Kier molecular flexibility index (Phi) is 5.14. The van der Waals surface area contributed by atoms with Crippen molar-refractivity contribution in [2.75, 3.05) is 11.9 Å². The molecule has 0 saturated carbocycles. The first-order valence-electron chi connectivity index (χ1n) is 10.4. The van der Waals surface area contributed by atoms with Crippen LogP contribution in [0.4, 0.5) is 14.5 Å². The first kappa shape index (κ1) is 20.3. The summed E-state index contributed by atoms with van der Waals surface area (Å²) in [4.78, 5) is 20.4. The molecule has 1 amide bonds. The van der Waals surface area contributed by atoms with Crippen LogP contribution in [0.25, 0.3) is 10.9 Å². The third kappa shape index (κ3) is 3.85. The van der Waals surface area contributed by atoms with E-state index in [4.69, 9.17) is 4.98 Å². The SMILES string of the molecule is Cn1ccc(CN2CCc3nc4ccccc4c(C(=O)Nc4ccc(F)c(F)c4)c3C2)n1. The van der Waals surface area contributed by atoms with E-state index in [-0.39, 0.29) is 11.6 Å². The van der Waals surface area contributed by atoms with Gasteiger partial charge in [0.15, 0.2) is 11.6 Å². The number of anilines is 1. The lowest BCUT2D eigenvalue weighted by Crippen LogP contribution is -2.33. The molecule has 6 nitrogen and oxygen atoms in total. The summed E-state index contributed by atoms with van der Waals surface area (Å²) in [6, 6.07) is 12.8. The molecule has 32 heavy (non-hydrogen) atoms. The van der Waals surface area contributed by atoms with E-state index in [1.807, 2.05) is 43.6 Å². The summed E-state index contributed by atoms with van der Waals surface area (Å²) in [5, 5.41) is 7.91. The molecule has 2 aromatic carbocycles. The molecule has 4 aromatic rings. The van der Waals surface area contributed by atoms with Crippen LogP contribution >= 0.6 is 0 Å². The Labute approximate surface area is 183 Å². The first-order valence-corrected chi connectivity index (χ1v) is 10.4. The topological polar surface area (TPSA) is 63.1 Å². The molecule has 8 heteroatoms. The van der Waals surface area contributed by atoms with Crippen LogP contribution in [0.2, 0.25) is 0 Å². The standard InChI is InChI=1S/C24H21F2N5O/c1-30-10-8-16(29-30)13-31-11-9-22-18(14-31)23(17-4-2-3-5-21(17)28-22)24(32)27-15-6-7-19(25)20(26)12-15/h2-8,10,12H,9,11,13-14H2,1H3,(H,27,32). The molecule has 0 spiro atoms. The van der Waals surface area contributed by atoms with Gasteiger partial charge in [0.05, 0.1) is 16.8 Å². The summed E-state index contributed by atoms with van der Waals surface area (Å²) in [6.07, 6.45) is 2.61. The zero-order chi connectivity index (χ0) is 22.2. The van der Waals surface area contributed by atoms with E-state index in [2.05, 4.69) is 15.3 Å². The van der Waals surface area contributed by atoms with Gasteiger partial charge >= 0.3 is 0 Å². The van der Waals surface area contributed by atoms with Crippen LogP contribution in [0, 0.1) is 11.6 Å². The molecule has 5 rings (SSSR count). The molecule has 0 radical (unpaired) electrons. The number of halogens is 2. The highest BCUT2D eigenvalue weighted by atomic mass is 19.2. The monoisotopic (exact) mass is 433 g/mol. The number of nitrogens with one attached hydrogen (secondary N) is 1. The van der Waals surface area contributed by atoms with Crippen LogP contribution in [0.5, 0.6) is 0 Å². The maximum absolute atomic E-state index is 13.7. The zero-order valence-electron chi connectivity index (χ0n) is 17.5. The van der Waals surface area contributed by atoms with Crippen molar-refractivity contribution in [1.82, 2.24) is 19.7 Å². The van der Waals surface area contributed by atoms with E-state index in [9.17, 15) is 13.6 Å². The Balaban J connectivity index is 1.52. The highest BCUT2D eigenvalue weighted by Gasteiger charge is 2.26. The zero-order valence-corrected chi connectivity index (χ0v) is 17.5. The summed E-state index contributed by atoms with van der Waals surface area (Å²) in [5.74, 6) is -2.34. The van der Waals surface area contributed by atoms with Crippen LogP contribution in [0.1, 0.15) is 27.3 Å². The van der Waals surface area contributed by atoms with Crippen molar-refractivity contribution in [3.8, 4) is 0 Å². The van der Waals surface area contributed by atoms with Gasteiger partial charge in [0.2, 0.25) is 0 Å². The van der Waals surface area contributed by atoms with Gasteiger partial charge in [-0.3, -0.25) is 19.4 Å². The second kappa shape index (κ2) is 8.12. The molecular weight excluding hydrogens is 412 g/mol. The Morgan fingerprint density at radius 3 is 2.75 bits per heavy atom. The average molecular weight is 433 g/mol. The van der Waals surface area contributed by atoms with Crippen molar-refractivity contribution >= 4 is 22.5 Å². The van der Waals surface area contributed by atoms with Gasteiger partial charge in [-0.05, 0) is 24.3 Å². The second-order valence-corrected chi connectivity index (χ2v) is 7.95. The van der Waals surface area contributed by atoms with Gasteiger partial charge in [-0.15, -0.1) is 0 Å². The van der Waals surface area contributed by atoms with Crippen LogP contribution in [-0.4, -0.2) is 32.1 Å². The van der Waals surface area contributed by atoms with Crippen molar-refractivity contribution in [2.45, 2.75) is 19.5 Å². The predicted octanol–water partition coefficient (Wildman–Crippen LogP) is 4.06. The Hall–Kier alpha value is -3.65. The smallest absolute Gasteiger partial charge is 0.256 e. The largest absolute Gasteiger partial charge is 0.322 e. The molecule has 2 aromatic heterocycles. The van der Waals surface area contributed by atoms with Crippen molar-refractivity contribution in [2.24, 2.45) is 7.05 Å². The molecule has 3 heterocycles. The average Bonchev–Trinajstić information content (AvgIpc) is 3.19. The number of carbonyl (C=O) groups is 1. The summed E-state index contributed by atoms with van der Waals surface area (Å²) < 4.78 is 28.7. The number of benzene rings is 2. The minimum Gasteiger partial charge on any atom is -0.322 e. The van der Waals surface area contributed by atoms with E-state index < -0.39 is 11.6 Å². The Bertz CT molecular complexity index is 1330. The predicted molar refractivity (Wildman–Crippen MR) is 117 cm³/mol. The molecule has 1 aliphatic rings. The molecule has 0 unspecified atom stereocenters. The maximum atomic E-state index is 13.7. The molecule has 1 aliphatic heterocycles. The van der Waals surface area contributed by atoms with Crippen LogP contribution < -0.4 is 5.32 Å². The van der Waals surface area contributed by atoms with Crippen LogP contribution in [0.15, 0.2) is 54.7 Å². The van der Waals surface area contributed by atoms with Gasteiger partial charge in [-0.1, -0.05) is 18.2 Å². The minimum atomic E-state index is -1.01. The lowest BCUT2D eigenvalue weighted by atomic mass is 9.95. The summed E-state index contributed by atoms with van der Waals surface area (Å²) in [7, 11) is 1.88. The lowest BCUT2D eigenvalue weighted by Gasteiger charge is -2.29. The minimum absolute atomic E-state index is 0.199. The van der Waals surface area contributed by atoms with Crippen molar-refractivity contribution in [3.63, 3.8) is 0 Å². The van der Waals surface area contributed by atoms with Crippen LogP contribution in [0.3, 0.4) is 0 Å². The third-order valence-electron chi connectivity index (χ3n) is 5.68. The van der Waals surface area contributed by atoms with Gasteiger partial charge in [0.25, 0.3) is 5.91 Å².